The minimum absolute atomic E-state index is 0.0920. The number of aliphatic carboxylic acids is 1. The highest BCUT2D eigenvalue weighted by atomic mass is 16.7. The van der Waals surface area contributed by atoms with E-state index in [1.165, 1.54) is 0 Å². The van der Waals surface area contributed by atoms with Gasteiger partial charge in [0, 0.05) is 6.42 Å². The number of rotatable bonds is 3. The molecule has 19 heavy (non-hydrogen) atoms. The van der Waals surface area contributed by atoms with Crippen LogP contribution >= 0.6 is 0 Å². The molecule has 0 spiro atoms. The highest BCUT2D eigenvalue weighted by Gasteiger charge is 2.53. The van der Waals surface area contributed by atoms with Crippen LogP contribution in [0.5, 0.6) is 0 Å². The monoisotopic (exact) mass is 269 g/mol. The topological polar surface area (TPSA) is 79.5 Å². The lowest BCUT2D eigenvalue weighted by atomic mass is 9.70. The first-order valence-corrected chi connectivity index (χ1v) is 6.48. The summed E-state index contributed by atoms with van der Waals surface area (Å²) in [5.74, 6) is -1.79. The summed E-state index contributed by atoms with van der Waals surface area (Å²) in [4.78, 5) is 11.2. The number of hydrogen-bond acceptors (Lipinski definition) is 4. The van der Waals surface area contributed by atoms with Crippen LogP contribution in [0.1, 0.15) is 53.9 Å². The van der Waals surface area contributed by atoms with Crippen molar-refractivity contribution in [2.75, 3.05) is 0 Å². The Bertz CT molecular complexity index is 391. The molecule has 0 aliphatic carbocycles. The lowest BCUT2D eigenvalue weighted by molar-refractivity contribution is -0.353. The third-order valence-corrected chi connectivity index (χ3v) is 3.57. The standard InChI is InChI=1S/C14H23NO4/c1-12(2,3)14(9-11(16)17)8-10(6-7-15)18-13(4,5)19-14/h10H,6,8-9H2,1-5H3,(H,16,17)/t10-,14-/m1/s1. The van der Waals surface area contributed by atoms with E-state index in [-0.39, 0.29) is 24.4 Å². The fraction of sp³-hybridized carbons (Fsp3) is 0.857. The fourth-order valence-electron chi connectivity index (χ4n) is 2.64. The van der Waals surface area contributed by atoms with E-state index in [4.69, 9.17) is 14.7 Å². The van der Waals surface area contributed by atoms with Crippen molar-refractivity contribution in [2.45, 2.75) is 71.4 Å². The number of hydrogen-bond donors (Lipinski definition) is 1. The highest BCUT2D eigenvalue weighted by Crippen LogP contribution is 2.47. The second-order valence-corrected chi connectivity index (χ2v) is 6.62. The zero-order chi connectivity index (χ0) is 14.9. The maximum atomic E-state index is 11.2. The number of ether oxygens (including phenoxy) is 2. The summed E-state index contributed by atoms with van der Waals surface area (Å²) in [5, 5.41) is 18.1. The maximum Gasteiger partial charge on any atom is 0.306 e. The molecule has 0 radical (unpaired) electrons. The van der Waals surface area contributed by atoms with Gasteiger partial charge < -0.3 is 14.6 Å². The van der Waals surface area contributed by atoms with Crippen LogP contribution in [0, 0.1) is 16.7 Å². The normalized spacial score (nSPS) is 30.6. The molecule has 5 heteroatoms. The summed E-state index contributed by atoms with van der Waals surface area (Å²) in [6.45, 7) is 9.40. The van der Waals surface area contributed by atoms with E-state index in [9.17, 15) is 9.90 Å². The van der Waals surface area contributed by atoms with E-state index in [1.54, 1.807) is 13.8 Å². The first-order valence-electron chi connectivity index (χ1n) is 6.48. The minimum Gasteiger partial charge on any atom is -0.481 e. The van der Waals surface area contributed by atoms with Crippen LogP contribution in [0.25, 0.3) is 0 Å². The van der Waals surface area contributed by atoms with Gasteiger partial charge in [-0.2, -0.15) is 5.26 Å². The van der Waals surface area contributed by atoms with Gasteiger partial charge in [0.15, 0.2) is 5.79 Å². The van der Waals surface area contributed by atoms with Crippen LogP contribution in [0.15, 0.2) is 0 Å². The van der Waals surface area contributed by atoms with Gasteiger partial charge in [-0.1, -0.05) is 20.8 Å². The van der Waals surface area contributed by atoms with Crippen LogP contribution < -0.4 is 0 Å². The van der Waals surface area contributed by atoms with Crippen LogP contribution in [0.3, 0.4) is 0 Å². The maximum absolute atomic E-state index is 11.2. The Morgan fingerprint density at radius 2 is 2.05 bits per heavy atom. The second-order valence-electron chi connectivity index (χ2n) is 6.62. The van der Waals surface area contributed by atoms with E-state index in [0.29, 0.717) is 6.42 Å². The summed E-state index contributed by atoms with van der Waals surface area (Å²) < 4.78 is 11.7. The Morgan fingerprint density at radius 3 is 2.47 bits per heavy atom. The van der Waals surface area contributed by atoms with Crippen molar-refractivity contribution in [3.63, 3.8) is 0 Å². The van der Waals surface area contributed by atoms with Crippen molar-refractivity contribution in [1.29, 1.82) is 5.26 Å². The highest BCUT2D eigenvalue weighted by molar-refractivity contribution is 5.68. The third-order valence-electron chi connectivity index (χ3n) is 3.57. The number of carboxylic acid groups (broad SMARTS) is 1. The van der Waals surface area contributed by atoms with Gasteiger partial charge >= 0.3 is 5.97 Å². The van der Waals surface area contributed by atoms with Crippen LogP contribution in [0.2, 0.25) is 0 Å². The molecule has 0 amide bonds. The molecule has 0 aromatic heterocycles. The van der Waals surface area contributed by atoms with E-state index in [2.05, 4.69) is 6.07 Å². The number of nitrogens with zero attached hydrogens (tertiary/aromatic N) is 1. The van der Waals surface area contributed by atoms with E-state index < -0.39 is 17.4 Å². The Hall–Kier alpha value is -1.12. The van der Waals surface area contributed by atoms with Crippen LogP contribution in [0.4, 0.5) is 0 Å². The van der Waals surface area contributed by atoms with E-state index in [1.807, 2.05) is 20.8 Å². The molecule has 1 heterocycles. The Morgan fingerprint density at radius 1 is 1.47 bits per heavy atom. The Balaban J connectivity index is 3.14. The van der Waals surface area contributed by atoms with Gasteiger partial charge in [0.1, 0.15) is 0 Å². The van der Waals surface area contributed by atoms with Gasteiger partial charge in [-0.25, -0.2) is 0 Å². The summed E-state index contributed by atoms with van der Waals surface area (Å²) in [6.07, 6.45) is 0.266. The van der Waals surface area contributed by atoms with E-state index in [0.717, 1.165) is 0 Å². The van der Waals surface area contributed by atoms with E-state index >= 15 is 0 Å². The van der Waals surface area contributed by atoms with Crippen molar-refractivity contribution in [3.05, 3.63) is 0 Å². The van der Waals surface area contributed by atoms with Crippen molar-refractivity contribution < 1.29 is 19.4 Å². The molecule has 0 unspecified atom stereocenters. The quantitative estimate of drug-likeness (QED) is 0.852. The molecule has 0 saturated carbocycles. The van der Waals surface area contributed by atoms with Gasteiger partial charge in [0.25, 0.3) is 0 Å². The molecule has 1 fully saturated rings. The molecule has 1 saturated heterocycles. The van der Waals surface area contributed by atoms with Gasteiger partial charge in [-0.3, -0.25) is 4.79 Å². The predicted octanol–water partition coefficient (Wildman–Crippen LogP) is 2.70. The molecular formula is C14H23NO4. The summed E-state index contributed by atoms with van der Waals surface area (Å²) in [6, 6.07) is 2.09. The largest absolute Gasteiger partial charge is 0.481 e. The average Bonchev–Trinajstić information content (AvgIpc) is 2.11. The molecule has 2 atom stereocenters. The second kappa shape index (κ2) is 5.10. The summed E-state index contributed by atoms with van der Waals surface area (Å²) >= 11 is 0. The first-order chi connectivity index (χ1) is 8.51. The van der Waals surface area contributed by atoms with Crippen molar-refractivity contribution in [2.24, 2.45) is 5.41 Å². The molecule has 0 aromatic carbocycles. The molecule has 1 rings (SSSR count). The van der Waals surface area contributed by atoms with Gasteiger partial charge in [-0.15, -0.1) is 0 Å². The number of carbonyl (C=O) groups is 1. The zero-order valence-corrected chi connectivity index (χ0v) is 12.3. The molecule has 0 aromatic rings. The molecule has 1 aliphatic rings. The summed E-state index contributed by atoms with van der Waals surface area (Å²) in [5.41, 5.74) is -1.19. The van der Waals surface area contributed by atoms with Crippen LogP contribution in [-0.4, -0.2) is 28.6 Å². The summed E-state index contributed by atoms with van der Waals surface area (Å²) in [7, 11) is 0. The lowest BCUT2D eigenvalue weighted by Gasteiger charge is -2.53. The lowest BCUT2D eigenvalue weighted by Crippen LogP contribution is -2.59. The van der Waals surface area contributed by atoms with Crippen molar-refractivity contribution >= 4 is 5.97 Å². The Kier molecular flexibility index (Phi) is 4.28. The molecule has 1 N–H and O–H groups in total. The van der Waals surface area contributed by atoms with Gasteiger partial charge in [-0.05, 0) is 19.3 Å². The van der Waals surface area contributed by atoms with Crippen molar-refractivity contribution in [1.82, 2.24) is 0 Å². The number of nitriles is 1. The van der Waals surface area contributed by atoms with Crippen LogP contribution in [-0.2, 0) is 14.3 Å². The smallest absolute Gasteiger partial charge is 0.306 e. The zero-order valence-electron chi connectivity index (χ0n) is 12.3. The Labute approximate surface area is 114 Å². The molecule has 0 bridgehead atoms. The average molecular weight is 269 g/mol. The van der Waals surface area contributed by atoms with Crippen molar-refractivity contribution in [3.8, 4) is 6.07 Å². The third kappa shape index (κ3) is 3.68. The first kappa shape index (κ1) is 15.9. The molecule has 108 valence electrons. The SMILES string of the molecule is CC1(C)O[C@H](CC#N)C[C@@](CC(=O)O)(C(C)(C)C)O1. The number of carboxylic acids is 1. The van der Waals surface area contributed by atoms with Gasteiger partial charge in [0.05, 0.1) is 30.6 Å². The molecule has 5 nitrogen and oxygen atoms in total. The fourth-order valence-corrected chi connectivity index (χ4v) is 2.64. The van der Waals surface area contributed by atoms with Gasteiger partial charge in [0.2, 0.25) is 0 Å². The molecule has 1 aliphatic heterocycles. The predicted molar refractivity (Wildman–Crippen MR) is 69.3 cm³/mol. The molecular weight excluding hydrogens is 246 g/mol. The minimum atomic E-state index is -0.900.